The monoisotopic (exact) mass is 283 g/mol. The van der Waals surface area contributed by atoms with Crippen LogP contribution in [-0.4, -0.2) is 30.5 Å². The molecule has 2 heterocycles. The average molecular weight is 283 g/mol. The Bertz CT molecular complexity index is 642. The van der Waals surface area contributed by atoms with E-state index < -0.39 is 0 Å². The molecule has 0 atom stereocenters. The standard InChI is InChI=1S/C17H21N3O/c1-17(7-10-18-11-8-17)12-20-16(21)15-14-5-3-2-4-13(14)6-9-19-15/h2-6,9,18H,7-8,10-12H2,1H3,(H,20,21). The van der Waals surface area contributed by atoms with Crippen molar-refractivity contribution < 1.29 is 4.79 Å². The summed E-state index contributed by atoms with van der Waals surface area (Å²) in [5.74, 6) is -0.0773. The number of rotatable bonds is 3. The van der Waals surface area contributed by atoms with Crippen LogP contribution < -0.4 is 10.6 Å². The summed E-state index contributed by atoms with van der Waals surface area (Å²) < 4.78 is 0. The molecule has 0 saturated carbocycles. The Kier molecular flexibility index (Phi) is 3.88. The minimum Gasteiger partial charge on any atom is -0.350 e. The maximum Gasteiger partial charge on any atom is 0.270 e. The molecular weight excluding hydrogens is 262 g/mol. The van der Waals surface area contributed by atoms with Gasteiger partial charge in [-0.3, -0.25) is 9.78 Å². The van der Waals surface area contributed by atoms with Gasteiger partial charge in [0.25, 0.3) is 5.91 Å². The van der Waals surface area contributed by atoms with Crippen LogP contribution in [0.3, 0.4) is 0 Å². The largest absolute Gasteiger partial charge is 0.350 e. The fourth-order valence-electron chi connectivity index (χ4n) is 2.89. The summed E-state index contributed by atoms with van der Waals surface area (Å²) in [4.78, 5) is 16.7. The minimum atomic E-state index is -0.0773. The van der Waals surface area contributed by atoms with E-state index >= 15 is 0 Å². The Balaban J connectivity index is 1.75. The number of hydrogen-bond donors (Lipinski definition) is 2. The lowest BCUT2D eigenvalue weighted by Gasteiger charge is -2.34. The van der Waals surface area contributed by atoms with Crippen molar-refractivity contribution in [3.63, 3.8) is 0 Å². The molecule has 0 spiro atoms. The first-order valence-corrected chi connectivity index (χ1v) is 7.51. The van der Waals surface area contributed by atoms with E-state index in [9.17, 15) is 4.79 Å². The van der Waals surface area contributed by atoms with Crippen molar-refractivity contribution >= 4 is 16.7 Å². The zero-order chi connectivity index (χ0) is 14.7. The highest BCUT2D eigenvalue weighted by molar-refractivity contribution is 6.05. The molecule has 1 aliphatic heterocycles. The Morgan fingerprint density at radius 2 is 2.05 bits per heavy atom. The molecule has 1 aromatic heterocycles. The number of benzene rings is 1. The summed E-state index contributed by atoms with van der Waals surface area (Å²) in [5, 5.41) is 8.39. The first-order valence-electron chi connectivity index (χ1n) is 7.51. The van der Waals surface area contributed by atoms with Crippen LogP contribution >= 0.6 is 0 Å². The Labute approximate surface area is 125 Å². The van der Waals surface area contributed by atoms with Gasteiger partial charge in [-0.1, -0.05) is 31.2 Å². The Morgan fingerprint density at radius 1 is 1.29 bits per heavy atom. The van der Waals surface area contributed by atoms with E-state index in [1.54, 1.807) is 6.20 Å². The molecule has 0 aliphatic carbocycles. The van der Waals surface area contributed by atoms with E-state index in [2.05, 4.69) is 22.5 Å². The third kappa shape index (κ3) is 3.05. The van der Waals surface area contributed by atoms with E-state index in [1.807, 2.05) is 30.3 Å². The summed E-state index contributed by atoms with van der Waals surface area (Å²) in [5.41, 5.74) is 0.705. The van der Waals surface area contributed by atoms with Crippen molar-refractivity contribution in [2.45, 2.75) is 19.8 Å². The van der Waals surface area contributed by atoms with Crippen LogP contribution in [0.15, 0.2) is 36.5 Å². The zero-order valence-electron chi connectivity index (χ0n) is 12.4. The molecule has 0 bridgehead atoms. The lowest BCUT2D eigenvalue weighted by molar-refractivity contribution is 0.0919. The fraction of sp³-hybridized carbons (Fsp3) is 0.412. The molecule has 1 aromatic carbocycles. The van der Waals surface area contributed by atoms with E-state index in [0.29, 0.717) is 12.2 Å². The first kappa shape index (κ1) is 14.0. The zero-order valence-corrected chi connectivity index (χ0v) is 12.4. The van der Waals surface area contributed by atoms with E-state index in [1.165, 1.54) is 0 Å². The predicted molar refractivity (Wildman–Crippen MR) is 84.3 cm³/mol. The van der Waals surface area contributed by atoms with E-state index in [-0.39, 0.29) is 11.3 Å². The number of carbonyl (C=O) groups is 1. The maximum atomic E-state index is 12.5. The van der Waals surface area contributed by atoms with Crippen molar-refractivity contribution in [2.24, 2.45) is 5.41 Å². The first-order chi connectivity index (χ1) is 10.2. The van der Waals surface area contributed by atoms with Gasteiger partial charge >= 0.3 is 0 Å². The summed E-state index contributed by atoms with van der Waals surface area (Å²) in [7, 11) is 0. The topological polar surface area (TPSA) is 54.0 Å². The van der Waals surface area contributed by atoms with Crippen molar-refractivity contribution in [2.75, 3.05) is 19.6 Å². The molecule has 110 valence electrons. The second-order valence-electron chi connectivity index (χ2n) is 6.12. The number of amides is 1. The fourth-order valence-corrected chi connectivity index (χ4v) is 2.89. The van der Waals surface area contributed by atoms with Crippen LogP contribution in [0.2, 0.25) is 0 Å². The van der Waals surface area contributed by atoms with Crippen molar-refractivity contribution in [1.29, 1.82) is 0 Å². The maximum absolute atomic E-state index is 12.5. The highest BCUT2D eigenvalue weighted by atomic mass is 16.1. The van der Waals surface area contributed by atoms with Gasteiger partial charge in [0, 0.05) is 18.1 Å². The number of piperidine rings is 1. The van der Waals surface area contributed by atoms with E-state index in [4.69, 9.17) is 0 Å². The number of nitrogens with one attached hydrogen (secondary N) is 2. The van der Waals surface area contributed by atoms with Crippen molar-refractivity contribution in [3.8, 4) is 0 Å². The van der Waals surface area contributed by atoms with Crippen LogP contribution in [0.1, 0.15) is 30.3 Å². The number of hydrogen-bond acceptors (Lipinski definition) is 3. The van der Waals surface area contributed by atoms with Gasteiger partial charge in [-0.2, -0.15) is 0 Å². The molecule has 21 heavy (non-hydrogen) atoms. The molecule has 1 saturated heterocycles. The van der Waals surface area contributed by atoms with Crippen LogP contribution in [-0.2, 0) is 0 Å². The Morgan fingerprint density at radius 3 is 2.86 bits per heavy atom. The summed E-state index contributed by atoms with van der Waals surface area (Å²) in [6.45, 7) is 5.00. The number of aromatic nitrogens is 1. The van der Waals surface area contributed by atoms with Crippen LogP contribution in [0.25, 0.3) is 10.8 Å². The summed E-state index contributed by atoms with van der Waals surface area (Å²) in [6.07, 6.45) is 3.88. The Hall–Kier alpha value is -1.94. The van der Waals surface area contributed by atoms with Gasteiger partial charge in [0.15, 0.2) is 0 Å². The minimum absolute atomic E-state index is 0.0773. The molecule has 4 heteroatoms. The van der Waals surface area contributed by atoms with Crippen LogP contribution in [0.4, 0.5) is 0 Å². The quantitative estimate of drug-likeness (QED) is 0.909. The van der Waals surface area contributed by atoms with Gasteiger partial charge in [0.2, 0.25) is 0 Å². The molecular formula is C17H21N3O. The third-order valence-corrected chi connectivity index (χ3v) is 4.38. The smallest absolute Gasteiger partial charge is 0.270 e. The average Bonchev–Trinajstić information content (AvgIpc) is 2.53. The molecule has 0 radical (unpaired) electrons. The number of carbonyl (C=O) groups excluding carboxylic acids is 1. The SMILES string of the molecule is CC1(CNC(=O)c2nccc3ccccc23)CCNCC1. The second kappa shape index (κ2) is 5.82. The van der Waals surface area contributed by atoms with Crippen molar-refractivity contribution in [3.05, 3.63) is 42.2 Å². The molecule has 1 aliphatic rings. The summed E-state index contributed by atoms with van der Waals surface area (Å²) >= 11 is 0. The van der Waals surface area contributed by atoms with Gasteiger partial charge in [0.05, 0.1) is 0 Å². The third-order valence-electron chi connectivity index (χ3n) is 4.38. The summed E-state index contributed by atoms with van der Waals surface area (Å²) in [6, 6.07) is 9.79. The lowest BCUT2D eigenvalue weighted by atomic mass is 9.81. The van der Waals surface area contributed by atoms with Crippen molar-refractivity contribution in [1.82, 2.24) is 15.6 Å². The van der Waals surface area contributed by atoms with Gasteiger partial charge < -0.3 is 10.6 Å². The molecule has 0 unspecified atom stereocenters. The lowest BCUT2D eigenvalue weighted by Crippen LogP contribution is -2.43. The van der Waals surface area contributed by atoms with Gasteiger partial charge in [-0.15, -0.1) is 0 Å². The normalized spacial score (nSPS) is 17.6. The second-order valence-corrected chi connectivity index (χ2v) is 6.12. The van der Waals surface area contributed by atoms with Gasteiger partial charge in [-0.25, -0.2) is 0 Å². The molecule has 1 amide bonds. The predicted octanol–water partition coefficient (Wildman–Crippen LogP) is 2.35. The van der Waals surface area contributed by atoms with Crippen LogP contribution in [0, 0.1) is 5.41 Å². The van der Waals surface area contributed by atoms with Crippen LogP contribution in [0.5, 0.6) is 0 Å². The van der Waals surface area contributed by atoms with Gasteiger partial charge in [-0.05, 0) is 42.8 Å². The molecule has 4 nitrogen and oxygen atoms in total. The molecule has 2 N–H and O–H groups in total. The number of fused-ring (bicyclic) bond motifs is 1. The molecule has 1 fully saturated rings. The van der Waals surface area contributed by atoms with Gasteiger partial charge in [0.1, 0.15) is 5.69 Å². The van der Waals surface area contributed by atoms with E-state index in [0.717, 1.165) is 36.7 Å². The highest BCUT2D eigenvalue weighted by Crippen LogP contribution is 2.27. The number of nitrogens with zero attached hydrogens (tertiary/aromatic N) is 1. The molecule has 2 aromatic rings. The highest BCUT2D eigenvalue weighted by Gasteiger charge is 2.27. The molecule has 3 rings (SSSR count). The number of pyridine rings is 1.